The topological polar surface area (TPSA) is 235 Å². The van der Waals surface area contributed by atoms with Crippen molar-refractivity contribution in [3.05, 3.63) is 129 Å². The number of carbonyl (C=O) groups excluding carboxylic acids is 3. The molecular formula is C50H58N10O8. The van der Waals surface area contributed by atoms with Crippen molar-refractivity contribution in [1.82, 2.24) is 29.1 Å². The van der Waals surface area contributed by atoms with E-state index in [2.05, 4.69) is 46.2 Å². The lowest BCUT2D eigenvalue weighted by atomic mass is 10.0. The number of fused-ring (bicyclic) bond motifs is 3. The van der Waals surface area contributed by atoms with Gasteiger partial charge in [0.1, 0.15) is 33.9 Å². The number of nitrogens with two attached hydrogens (primary N) is 2. The van der Waals surface area contributed by atoms with Gasteiger partial charge in [0.2, 0.25) is 17.5 Å². The summed E-state index contributed by atoms with van der Waals surface area (Å²) >= 11 is 0. The van der Waals surface area contributed by atoms with Gasteiger partial charge >= 0.3 is 5.97 Å². The number of nitroso groups, excluding NO2 is 1. The Morgan fingerprint density at radius 2 is 1.34 bits per heavy atom. The molecule has 0 bridgehead atoms. The first-order valence-electron chi connectivity index (χ1n) is 22.2. The van der Waals surface area contributed by atoms with E-state index in [4.69, 9.17) is 30.8 Å². The molecule has 7 aromatic rings. The molecule has 0 aliphatic carbocycles. The van der Waals surface area contributed by atoms with Gasteiger partial charge in [-0.3, -0.25) is 20.2 Å². The zero-order valence-corrected chi connectivity index (χ0v) is 38.8. The fraction of sp³-hybridized carbons (Fsp3) is 0.320. The molecule has 2 aliphatic heterocycles. The maximum absolute atomic E-state index is 13.0. The minimum atomic E-state index is -0.524. The van der Waals surface area contributed by atoms with E-state index in [1.54, 1.807) is 22.0 Å². The van der Waals surface area contributed by atoms with Crippen LogP contribution < -0.4 is 17.1 Å². The van der Waals surface area contributed by atoms with E-state index < -0.39 is 5.97 Å². The summed E-state index contributed by atoms with van der Waals surface area (Å²) in [6, 6.07) is 12.0. The summed E-state index contributed by atoms with van der Waals surface area (Å²) < 4.78 is 21.6. The molecule has 5 aromatic heterocycles. The largest absolute Gasteiger partial charge is 0.462 e. The average molecular weight is 927 g/mol. The molecule has 0 radical (unpaired) electrons. The van der Waals surface area contributed by atoms with Gasteiger partial charge in [0.15, 0.2) is 5.82 Å². The van der Waals surface area contributed by atoms with Crippen LogP contribution in [0.5, 0.6) is 0 Å². The number of piperidine rings is 2. The van der Waals surface area contributed by atoms with Gasteiger partial charge in [0, 0.05) is 91.8 Å². The second kappa shape index (κ2) is 20.1. The predicted molar refractivity (Wildman–Crippen MR) is 265 cm³/mol. The molecule has 18 heteroatoms. The van der Waals surface area contributed by atoms with Crippen LogP contribution in [0.1, 0.15) is 80.3 Å². The molecule has 0 spiro atoms. The summed E-state index contributed by atoms with van der Waals surface area (Å²) in [7, 11) is 0. The lowest BCUT2D eigenvalue weighted by Gasteiger charge is -2.33. The summed E-state index contributed by atoms with van der Waals surface area (Å²) in [5, 5.41) is 10.9. The number of anilines is 1. The fourth-order valence-corrected chi connectivity index (χ4v) is 9.35. The van der Waals surface area contributed by atoms with Crippen LogP contribution in [-0.2, 0) is 14.3 Å². The number of nitrogens with zero attached hydrogens (tertiary/aromatic N) is 7. The number of ether oxygens (including phenoxy) is 1. The Morgan fingerprint density at radius 3 is 1.81 bits per heavy atom. The minimum Gasteiger partial charge on any atom is -0.462 e. The highest BCUT2D eigenvalue weighted by molar-refractivity contribution is 6.04. The van der Waals surface area contributed by atoms with Gasteiger partial charge in [-0.05, 0) is 96.7 Å². The third kappa shape index (κ3) is 9.02. The van der Waals surface area contributed by atoms with Crippen molar-refractivity contribution >= 4 is 62.1 Å². The Morgan fingerprint density at radius 1 is 0.868 bits per heavy atom. The number of furan rings is 2. The molecule has 0 atom stereocenters. The maximum atomic E-state index is 13.0. The summed E-state index contributed by atoms with van der Waals surface area (Å²) in [6.45, 7) is 27.3. The van der Waals surface area contributed by atoms with E-state index in [1.165, 1.54) is 12.2 Å². The number of hydrogen-bond donors (Lipinski definition) is 3. The highest BCUT2D eigenvalue weighted by atomic mass is 16.5. The highest BCUT2D eigenvalue weighted by Gasteiger charge is 2.33. The monoisotopic (exact) mass is 926 g/mol. The lowest BCUT2D eigenvalue weighted by Crippen LogP contribution is -2.38. The first-order valence-corrected chi connectivity index (χ1v) is 22.2. The van der Waals surface area contributed by atoms with Crippen molar-refractivity contribution in [2.75, 3.05) is 38.5 Å². The SMILES string of the molecule is C=CC(=O)N1CCC(n2cc(-c3oc4ccc(C)cc4c3C)c3c(N)n[nH]c(=O)c32)CC1.NN=O.[C-]#[N+]c1c(-c2oc3ccc(C)cc3c2C)cn(C2CCN(C(=O)C=C)CC2)c1C(=O)OCC.[HH].[HH]. The van der Waals surface area contributed by atoms with Crippen molar-refractivity contribution in [3.63, 3.8) is 0 Å². The Labute approximate surface area is 394 Å². The molecule has 18 nitrogen and oxygen atoms in total. The van der Waals surface area contributed by atoms with Crippen LogP contribution >= 0.6 is 0 Å². The zero-order valence-electron chi connectivity index (χ0n) is 38.8. The number of amides is 2. The van der Waals surface area contributed by atoms with Crippen molar-refractivity contribution < 1.29 is 30.8 Å². The Hall–Kier alpha value is -8.20. The Bertz CT molecular complexity index is 3210. The normalized spacial score (nSPS) is 14.2. The van der Waals surface area contributed by atoms with Crippen LogP contribution in [0.25, 0.3) is 60.3 Å². The van der Waals surface area contributed by atoms with Crippen LogP contribution in [0.2, 0.25) is 0 Å². The van der Waals surface area contributed by atoms with Crippen LogP contribution in [-0.4, -0.2) is 79.7 Å². The van der Waals surface area contributed by atoms with Crippen LogP contribution in [0.4, 0.5) is 11.5 Å². The van der Waals surface area contributed by atoms with Crippen LogP contribution in [0.15, 0.2) is 93.0 Å². The molecule has 2 amide bonds. The fourth-order valence-electron chi connectivity index (χ4n) is 9.35. The summed E-state index contributed by atoms with van der Waals surface area (Å²) in [4.78, 5) is 65.4. The zero-order chi connectivity index (χ0) is 49.0. The van der Waals surface area contributed by atoms with Crippen molar-refractivity contribution in [2.45, 2.75) is 72.4 Å². The standard InChI is InChI=1S/C26H27N3O4.C24H25N5O3.H2N2O.2H2/c1-6-22(30)28-12-10-18(11-13-28)29-15-20(23(27-5)24(29)26(31)32-7-2)25-17(4)19-14-16(3)8-9-21(19)33-25;1-4-19(30)28-9-7-15(8-10-28)29-12-17(20-21(29)24(31)27-26-23(20)25)22-14(3)16-11-13(2)5-6-18(16)32-22;1-2-3;;/h6,8-9,14-15,18H,1,7,10-13H2,2-4H3;4-6,11-12,15H,1,7-10H2,2-3H3,(H2,25,26)(H,27,31);(H2,1,3);2*1H. The van der Waals surface area contributed by atoms with Gasteiger partial charge in [-0.25, -0.2) is 14.7 Å². The van der Waals surface area contributed by atoms with Gasteiger partial charge in [-0.2, -0.15) is 5.10 Å². The van der Waals surface area contributed by atoms with Crippen molar-refractivity contribution in [1.29, 1.82) is 0 Å². The van der Waals surface area contributed by atoms with E-state index >= 15 is 0 Å². The number of rotatable bonds is 8. The van der Waals surface area contributed by atoms with Gasteiger partial charge in [0.25, 0.3) is 5.56 Å². The molecule has 68 heavy (non-hydrogen) atoms. The van der Waals surface area contributed by atoms with E-state index in [1.807, 2.05) is 73.5 Å². The number of nitrogen functional groups attached to an aromatic ring is 1. The molecule has 2 aliphatic rings. The number of hydrogen-bond acceptors (Lipinski definition) is 11. The van der Waals surface area contributed by atoms with Gasteiger partial charge in [-0.15, -0.1) is 4.91 Å². The minimum absolute atomic E-state index is 0. The molecule has 356 valence electrons. The van der Waals surface area contributed by atoms with Crippen LogP contribution in [0, 0.1) is 39.2 Å². The molecule has 5 N–H and O–H groups in total. The number of nitrogens with one attached hydrogen (secondary N) is 1. The third-order valence-corrected chi connectivity index (χ3v) is 12.7. The summed E-state index contributed by atoms with van der Waals surface area (Å²) in [5.41, 5.74) is 14.0. The number of aryl methyl sites for hydroxylation is 4. The Kier molecular flexibility index (Phi) is 14.1. The number of likely N-dealkylation sites (tertiary alicyclic amines) is 2. The Balaban J connectivity index is 0.000000241. The average Bonchev–Trinajstić information content (AvgIpc) is 4.11. The molecule has 2 aromatic carbocycles. The number of benzene rings is 2. The van der Waals surface area contributed by atoms with E-state index in [0.717, 1.165) is 62.6 Å². The van der Waals surface area contributed by atoms with Crippen molar-refractivity contribution in [3.8, 4) is 22.6 Å². The second-order valence-electron chi connectivity index (χ2n) is 16.8. The molecule has 9 rings (SSSR count). The molecule has 7 heterocycles. The van der Waals surface area contributed by atoms with E-state index in [0.29, 0.717) is 67.0 Å². The molecule has 0 unspecified atom stereocenters. The second-order valence-corrected chi connectivity index (χ2v) is 16.8. The molecule has 0 saturated carbocycles. The van der Waals surface area contributed by atoms with E-state index in [9.17, 15) is 19.2 Å². The number of H-pyrrole nitrogens is 1. The smallest absolute Gasteiger partial charge is 0.344 e. The third-order valence-electron chi connectivity index (χ3n) is 12.7. The first-order chi connectivity index (χ1) is 32.7. The van der Waals surface area contributed by atoms with Gasteiger partial charge in [0.05, 0.1) is 18.6 Å². The molecule has 2 saturated heterocycles. The molecule has 2 fully saturated rings. The van der Waals surface area contributed by atoms with Gasteiger partial charge < -0.3 is 38.2 Å². The predicted octanol–water partition coefficient (Wildman–Crippen LogP) is 9.40. The number of carbonyl (C=O) groups is 3. The summed E-state index contributed by atoms with van der Waals surface area (Å²) in [5.74, 6) is 4.76. The quantitative estimate of drug-likeness (QED) is 0.0324. The van der Waals surface area contributed by atoms with Gasteiger partial charge in [-0.1, -0.05) is 36.4 Å². The lowest BCUT2D eigenvalue weighted by molar-refractivity contribution is -0.128. The number of aromatic nitrogens is 4. The van der Waals surface area contributed by atoms with Crippen LogP contribution in [0.3, 0.4) is 0 Å². The van der Waals surface area contributed by atoms with E-state index in [-0.39, 0.29) is 56.1 Å². The van der Waals surface area contributed by atoms with Crippen molar-refractivity contribution in [2.24, 2.45) is 11.1 Å². The number of aromatic amines is 1. The first kappa shape index (κ1) is 47.8. The number of esters is 1. The summed E-state index contributed by atoms with van der Waals surface area (Å²) in [6.07, 6.45) is 9.23. The maximum Gasteiger partial charge on any atom is 0.344 e. The molecular weight excluding hydrogens is 869 g/mol. The highest BCUT2D eigenvalue weighted by Crippen LogP contribution is 2.44.